The molecule has 1 aliphatic rings. The zero-order valence-electron chi connectivity index (χ0n) is 12.4. The van der Waals surface area contributed by atoms with Crippen molar-refractivity contribution in [2.75, 3.05) is 7.11 Å². The second kappa shape index (κ2) is 5.87. The van der Waals surface area contributed by atoms with Gasteiger partial charge < -0.3 is 4.74 Å². The first-order valence-corrected chi connectivity index (χ1v) is 8.16. The lowest BCUT2D eigenvalue weighted by atomic mass is 9.81. The lowest BCUT2D eigenvalue weighted by molar-refractivity contribution is 0.403. The molecule has 0 radical (unpaired) electrons. The van der Waals surface area contributed by atoms with Crippen LogP contribution >= 0.6 is 8.20 Å². The molecule has 1 heterocycles. The summed E-state index contributed by atoms with van der Waals surface area (Å²) >= 11 is 0. The van der Waals surface area contributed by atoms with Crippen LogP contribution in [0.2, 0.25) is 0 Å². The van der Waals surface area contributed by atoms with E-state index >= 15 is 0 Å². The first-order chi connectivity index (χ1) is 10.3. The predicted molar refractivity (Wildman–Crippen MR) is 91.7 cm³/mol. The standard InChI is InChI=1S/C19H19OP/c1-15(17-11-6-7-12-18(17)20-2)19(13-8-14-21-19)16-9-4-3-5-10-16/h3-15H,1-2H3. The number of ether oxygens (including phenoxy) is 1. The van der Waals surface area contributed by atoms with Gasteiger partial charge in [-0.25, -0.2) is 0 Å². The summed E-state index contributed by atoms with van der Waals surface area (Å²) in [5, 5.41) is -0.00407. The summed E-state index contributed by atoms with van der Waals surface area (Å²) in [5.74, 6) is 3.54. The van der Waals surface area contributed by atoms with Gasteiger partial charge >= 0.3 is 0 Å². The topological polar surface area (TPSA) is 9.23 Å². The SMILES string of the molecule is COc1ccccc1C(C)C1(c2ccccc2)C=CC=P1. The lowest BCUT2D eigenvalue weighted by Gasteiger charge is -2.33. The molecular weight excluding hydrogens is 275 g/mol. The van der Waals surface area contributed by atoms with Crippen molar-refractivity contribution in [3.63, 3.8) is 0 Å². The van der Waals surface area contributed by atoms with Gasteiger partial charge in [-0.2, -0.15) is 0 Å². The number of hydrogen-bond acceptors (Lipinski definition) is 1. The molecule has 0 spiro atoms. The van der Waals surface area contributed by atoms with Crippen LogP contribution < -0.4 is 4.74 Å². The Morgan fingerprint density at radius 1 is 1.00 bits per heavy atom. The van der Waals surface area contributed by atoms with Gasteiger partial charge in [-0.3, -0.25) is 0 Å². The van der Waals surface area contributed by atoms with E-state index < -0.39 is 0 Å². The average molecular weight is 294 g/mol. The minimum absolute atomic E-state index is 0.00407. The summed E-state index contributed by atoms with van der Waals surface area (Å²) in [6.07, 6.45) is 4.52. The van der Waals surface area contributed by atoms with E-state index in [4.69, 9.17) is 4.74 Å². The Kier molecular flexibility index (Phi) is 3.94. The summed E-state index contributed by atoms with van der Waals surface area (Å²) < 4.78 is 5.57. The molecule has 2 heteroatoms. The van der Waals surface area contributed by atoms with Gasteiger partial charge in [0.1, 0.15) is 5.75 Å². The summed E-state index contributed by atoms with van der Waals surface area (Å²) in [6, 6.07) is 19.1. The Bertz CT molecular complexity index is 661. The van der Waals surface area contributed by atoms with E-state index in [1.54, 1.807) is 7.11 Å². The number of allylic oxidation sites excluding steroid dienone is 2. The number of rotatable bonds is 4. The molecule has 0 fully saturated rings. The summed E-state index contributed by atoms with van der Waals surface area (Å²) in [7, 11) is 3.06. The Labute approximate surface area is 128 Å². The fourth-order valence-corrected chi connectivity index (χ4v) is 4.29. The molecule has 21 heavy (non-hydrogen) atoms. The zero-order valence-corrected chi connectivity index (χ0v) is 13.3. The van der Waals surface area contributed by atoms with E-state index in [-0.39, 0.29) is 5.16 Å². The normalized spacial score (nSPS) is 22.2. The Morgan fingerprint density at radius 3 is 2.38 bits per heavy atom. The van der Waals surface area contributed by atoms with Gasteiger partial charge in [0.15, 0.2) is 0 Å². The van der Waals surface area contributed by atoms with Crippen molar-refractivity contribution in [3.05, 3.63) is 77.9 Å². The van der Waals surface area contributed by atoms with Crippen LogP contribution in [0.25, 0.3) is 0 Å². The summed E-state index contributed by atoms with van der Waals surface area (Å²) in [5.41, 5.74) is 2.62. The zero-order chi connectivity index (χ0) is 14.7. The van der Waals surface area contributed by atoms with Gasteiger partial charge in [0, 0.05) is 5.92 Å². The van der Waals surface area contributed by atoms with Gasteiger partial charge in [0.05, 0.1) is 12.3 Å². The molecule has 0 aromatic heterocycles. The van der Waals surface area contributed by atoms with E-state index in [0.29, 0.717) is 5.92 Å². The number of benzene rings is 2. The molecule has 0 amide bonds. The average Bonchev–Trinajstić information content (AvgIpc) is 3.06. The van der Waals surface area contributed by atoms with Gasteiger partial charge in [-0.1, -0.05) is 75.8 Å². The fourth-order valence-electron chi connectivity index (χ4n) is 3.04. The first-order valence-electron chi connectivity index (χ1n) is 7.19. The molecule has 0 aliphatic carbocycles. The monoisotopic (exact) mass is 294 g/mol. The van der Waals surface area contributed by atoms with E-state index in [1.807, 2.05) is 12.1 Å². The van der Waals surface area contributed by atoms with Crippen LogP contribution in [0, 0.1) is 0 Å². The Balaban J connectivity index is 2.11. The minimum Gasteiger partial charge on any atom is -0.496 e. The van der Waals surface area contributed by atoms with E-state index in [1.165, 1.54) is 19.3 Å². The van der Waals surface area contributed by atoms with Gasteiger partial charge in [0.25, 0.3) is 0 Å². The van der Waals surface area contributed by atoms with Gasteiger partial charge in [-0.05, 0) is 23.0 Å². The van der Waals surface area contributed by atoms with Gasteiger partial charge in [-0.15, -0.1) is 0 Å². The third-order valence-corrected chi connectivity index (χ3v) is 5.77. The van der Waals surface area contributed by atoms with Crippen LogP contribution in [0.4, 0.5) is 0 Å². The maximum absolute atomic E-state index is 5.57. The molecule has 2 atom stereocenters. The molecule has 2 unspecified atom stereocenters. The third-order valence-electron chi connectivity index (χ3n) is 4.23. The number of methoxy groups -OCH3 is 1. The Hall–Kier alpha value is -1.85. The van der Waals surface area contributed by atoms with Crippen molar-refractivity contribution in [1.29, 1.82) is 0 Å². The maximum atomic E-state index is 5.57. The molecule has 0 bridgehead atoms. The summed E-state index contributed by atoms with van der Waals surface area (Å²) in [6.45, 7) is 2.29. The highest BCUT2D eigenvalue weighted by atomic mass is 31.1. The van der Waals surface area contributed by atoms with E-state index in [9.17, 15) is 0 Å². The Morgan fingerprint density at radius 2 is 1.71 bits per heavy atom. The third kappa shape index (κ3) is 2.43. The van der Waals surface area contributed by atoms with Crippen molar-refractivity contribution >= 4 is 14.0 Å². The van der Waals surface area contributed by atoms with Crippen LogP contribution in [-0.4, -0.2) is 12.9 Å². The van der Waals surface area contributed by atoms with E-state index in [2.05, 4.69) is 67.3 Å². The highest BCUT2D eigenvalue weighted by Gasteiger charge is 2.37. The van der Waals surface area contributed by atoms with Crippen LogP contribution in [0.1, 0.15) is 24.0 Å². The highest BCUT2D eigenvalue weighted by molar-refractivity contribution is 7.41. The molecule has 106 valence electrons. The van der Waals surface area contributed by atoms with Crippen molar-refractivity contribution < 1.29 is 4.74 Å². The molecular formula is C19H19OP. The molecule has 0 saturated heterocycles. The van der Waals surface area contributed by atoms with Crippen molar-refractivity contribution in [1.82, 2.24) is 0 Å². The first kappa shape index (κ1) is 14.1. The number of hydrogen-bond donors (Lipinski definition) is 0. The molecule has 1 nitrogen and oxygen atoms in total. The van der Waals surface area contributed by atoms with Crippen molar-refractivity contribution in [2.45, 2.75) is 18.0 Å². The molecule has 0 N–H and O–H groups in total. The minimum atomic E-state index is -0.00407. The molecule has 2 aromatic carbocycles. The lowest BCUT2D eigenvalue weighted by Crippen LogP contribution is -2.23. The predicted octanol–water partition coefficient (Wildman–Crippen LogP) is 5.01. The summed E-state index contributed by atoms with van der Waals surface area (Å²) in [4.78, 5) is 0. The second-order valence-electron chi connectivity index (χ2n) is 5.29. The van der Waals surface area contributed by atoms with Crippen LogP contribution in [0.15, 0.2) is 66.7 Å². The molecule has 2 aromatic rings. The largest absolute Gasteiger partial charge is 0.496 e. The van der Waals surface area contributed by atoms with Gasteiger partial charge in [0.2, 0.25) is 0 Å². The van der Waals surface area contributed by atoms with Crippen LogP contribution in [-0.2, 0) is 5.16 Å². The second-order valence-corrected chi connectivity index (χ2v) is 6.59. The number of para-hydroxylation sites is 1. The molecule has 0 saturated carbocycles. The fraction of sp³-hybridized carbons (Fsp3) is 0.211. The van der Waals surface area contributed by atoms with Crippen LogP contribution in [0.5, 0.6) is 5.75 Å². The quantitative estimate of drug-likeness (QED) is 0.720. The molecule has 1 aliphatic heterocycles. The maximum Gasteiger partial charge on any atom is 0.122 e. The smallest absolute Gasteiger partial charge is 0.122 e. The molecule has 3 rings (SSSR count). The van der Waals surface area contributed by atoms with Crippen molar-refractivity contribution in [2.24, 2.45) is 0 Å². The van der Waals surface area contributed by atoms with Crippen molar-refractivity contribution in [3.8, 4) is 5.75 Å². The van der Waals surface area contributed by atoms with E-state index in [0.717, 1.165) is 5.75 Å². The highest BCUT2D eigenvalue weighted by Crippen LogP contribution is 2.52. The van der Waals surface area contributed by atoms with Crippen LogP contribution in [0.3, 0.4) is 0 Å².